The second-order valence-electron chi connectivity index (χ2n) is 5.25. The van der Waals surface area contributed by atoms with Gasteiger partial charge >= 0.3 is 0 Å². The maximum absolute atomic E-state index is 12.2. The minimum absolute atomic E-state index is 0.114. The maximum Gasteiger partial charge on any atom is 0.256 e. The molecule has 4 rings (SSSR count). The normalized spacial score (nSPS) is 17.4. The summed E-state index contributed by atoms with van der Waals surface area (Å²) in [6.45, 7) is 0.455. The molecule has 2 aromatic carbocycles. The first-order valence-electron chi connectivity index (χ1n) is 6.96. The van der Waals surface area contributed by atoms with E-state index in [4.69, 9.17) is 16.3 Å². The van der Waals surface area contributed by atoms with E-state index in [1.807, 2.05) is 42.5 Å². The number of anilines is 1. The van der Waals surface area contributed by atoms with Gasteiger partial charge in [-0.25, -0.2) is 0 Å². The lowest BCUT2D eigenvalue weighted by Gasteiger charge is -2.16. The monoisotopic (exact) mass is 309 g/mol. The van der Waals surface area contributed by atoms with Crippen LogP contribution in [0.3, 0.4) is 0 Å². The van der Waals surface area contributed by atoms with Gasteiger partial charge in [-0.15, -0.1) is 0 Å². The van der Waals surface area contributed by atoms with Crippen molar-refractivity contribution in [3.63, 3.8) is 0 Å². The Morgan fingerprint density at radius 2 is 2.05 bits per heavy atom. The molecule has 0 saturated carbocycles. The first kappa shape index (κ1) is 13.2. The number of carbonyl (C=O) groups is 1. The highest BCUT2D eigenvalue weighted by molar-refractivity contribution is 6.34. The van der Waals surface area contributed by atoms with E-state index in [9.17, 15) is 4.79 Å². The summed E-state index contributed by atoms with van der Waals surface area (Å²) < 4.78 is 5.72. The fraction of sp³-hybridized carbons (Fsp3) is 0.0556. The third-order valence-corrected chi connectivity index (χ3v) is 3.98. The molecule has 0 atom stereocenters. The van der Waals surface area contributed by atoms with Crippen molar-refractivity contribution < 1.29 is 9.53 Å². The molecule has 0 aliphatic carbocycles. The lowest BCUT2D eigenvalue weighted by molar-refractivity contribution is -0.110. The molecule has 1 N–H and O–H groups in total. The zero-order valence-electron chi connectivity index (χ0n) is 11.6. The molecule has 108 valence electrons. The lowest BCUT2D eigenvalue weighted by Crippen LogP contribution is -2.08. The molecule has 0 saturated heterocycles. The molecule has 0 aromatic heterocycles. The number of hydrogen-bond donors (Lipinski definition) is 1. The van der Waals surface area contributed by atoms with E-state index in [0.717, 1.165) is 28.1 Å². The third kappa shape index (κ3) is 2.20. The quantitative estimate of drug-likeness (QED) is 0.804. The summed E-state index contributed by atoms with van der Waals surface area (Å²) in [6, 6.07) is 13.3. The summed E-state index contributed by atoms with van der Waals surface area (Å²) in [5, 5.41) is 3.44. The standard InChI is InChI=1S/C18H12ClNO2/c19-13-5-6-14-15(18(21)20-16(14)9-13)8-11-7-12-3-1-2-4-17(12)22-10-11/h1-9H,10H2,(H,20,21)/b15-8+. The second kappa shape index (κ2) is 5.04. The van der Waals surface area contributed by atoms with Gasteiger partial charge in [0.05, 0.1) is 5.69 Å². The molecule has 2 aromatic rings. The van der Waals surface area contributed by atoms with Gasteiger partial charge < -0.3 is 10.1 Å². The average molecular weight is 310 g/mol. The number of halogens is 1. The Labute approximate surface area is 132 Å². The molecule has 1 amide bonds. The molecular weight excluding hydrogens is 298 g/mol. The van der Waals surface area contributed by atoms with Gasteiger partial charge in [0, 0.05) is 21.7 Å². The molecule has 4 heteroatoms. The Morgan fingerprint density at radius 1 is 1.18 bits per heavy atom. The molecule has 0 radical (unpaired) electrons. The Bertz CT molecular complexity index is 852. The van der Waals surface area contributed by atoms with Gasteiger partial charge in [0.25, 0.3) is 5.91 Å². The van der Waals surface area contributed by atoms with Gasteiger partial charge in [0.15, 0.2) is 0 Å². The van der Waals surface area contributed by atoms with Crippen LogP contribution in [0.15, 0.2) is 54.1 Å². The van der Waals surface area contributed by atoms with Crippen molar-refractivity contribution >= 4 is 34.8 Å². The summed E-state index contributed by atoms with van der Waals surface area (Å²) in [7, 11) is 0. The predicted octanol–water partition coefficient (Wildman–Crippen LogP) is 4.15. The van der Waals surface area contributed by atoms with Crippen LogP contribution in [0.25, 0.3) is 11.6 Å². The van der Waals surface area contributed by atoms with E-state index in [0.29, 0.717) is 17.2 Å². The van der Waals surface area contributed by atoms with Crippen molar-refractivity contribution in [3.8, 4) is 5.75 Å². The Kier molecular flexibility index (Phi) is 3.01. The van der Waals surface area contributed by atoms with Crippen LogP contribution in [0.4, 0.5) is 5.69 Å². The number of benzene rings is 2. The fourth-order valence-corrected chi connectivity index (χ4v) is 2.88. The minimum atomic E-state index is -0.114. The van der Waals surface area contributed by atoms with E-state index in [1.54, 1.807) is 12.1 Å². The number of para-hydroxylation sites is 1. The number of fused-ring (bicyclic) bond motifs is 2. The zero-order chi connectivity index (χ0) is 15.1. The summed E-state index contributed by atoms with van der Waals surface area (Å²) in [6.07, 6.45) is 3.93. The van der Waals surface area contributed by atoms with Crippen LogP contribution >= 0.6 is 11.6 Å². The molecule has 2 aliphatic rings. The van der Waals surface area contributed by atoms with Gasteiger partial charge in [-0.2, -0.15) is 0 Å². The van der Waals surface area contributed by atoms with Gasteiger partial charge in [0.2, 0.25) is 0 Å². The van der Waals surface area contributed by atoms with E-state index in [2.05, 4.69) is 5.32 Å². The molecule has 0 spiro atoms. The molecule has 3 nitrogen and oxygen atoms in total. The molecule has 2 aliphatic heterocycles. The van der Waals surface area contributed by atoms with Crippen molar-refractivity contribution in [1.82, 2.24) is 0 Å². The van der Waals surface area contributed by atoms with Crippen LogP contribution in [-0.4, -0.2) is 12.5 Å². The van der Waals surface area contributed by atoms with Crippen LogP contribution in [-0.2, 0) is 4.79 Å². The van der Waals surface area contributed by atoms with Crippen molar-refractivity contribution in [2.24, 2.45) is 0 Å². The van der Waals surface area contributed by atoms with E-state index in [-0.39, 0.29) is 5.91 Å². The minimum Gasteiger partial charge on any atom is -0.488 e. The zero-order valence-corrected chi connectivity index (χ0v) is 12.4. The van der Waals surface area contributed by atoms with Crippen LogP contribution in [0.5, 0.6) is 5.75 Å². The highest BCUT2D eigenvalue weighted by atomic mass is 35.5. The molecular formula is C18H12ClNO2. The summed E-state index contributed by atoms with van der Waals surface area (Å²) in [5.74, 6) is 0.754. The van der Waals surface area contributed by atoms with Crippen molar-refractivity contribution in [1.29, 1.82) is 0 Å². The first-order valence-corrected chi connectivity index (χ1v) is 7.34. The highest BCUT2D eigenvalue weighted by Gasteiger charge is 2.24. The maximum atomic E-state index is 12.2. The van der Waals surface area contributed by atoms with E-state index in [1.165, 1.54) is 0 Å². The van der Waals surface area contributed by atoms with Crippen molar-refractivity contribution in [2.75, 3.05) is 11.9 Å². The molecule has 0 fully saturated rings. The lowest BCUT2D eigenvalue weighted by atomic mass is 10.0. The number of rotatable bonds is 1. The SMILES string of the molecule is O=C1Nc2cc(Cl)ccc2/C1=C\C1=Cc2ccccc2OC1. The summed E-state index contributed by atoms with van der Waals surface area (Å²) in [5.41, 5.74) is 4.25. The van der Waals surface area contributed by atoms with Gasteiger partial charge in [-0.3, -0.25) is 4.79 Å². The topological polar surface area (TPSA) is 38.3 Å². The number of carbonyl (C=O) groups excluding carboxylic acids is 1. The molecule has 0 bridgehead atoms. The van der Waals surface area contributed by atoms with Crippen LogP contribution in [0, 0.1) is 0 Å². The molecule has 2 heterocycles. The van der Waals surface area contributed by atoms with Crippen LogP contribution in [0.1, 0.15) is 11.1 Å². The smallest absolute Gasteiger partial charge is 0.256 e. The summed E-state index contributed by atoms with van der Waals surface area (Å²) in [4.78, 5) is 12.2. The number of hydrogen-bond acceptors (Lipinski definition) is 2. The van der Waals surface area contributed by atoms with Crippen LogP contribution < -0.4 is 10.1 Å². The Balaban J connectivity index is 1.76. The van der Waals surface area contributed by atoms with Gasteiger partial charge in [-0.05, 0) is 35.9 Å². The number of nitrogens with one attached hydrogen (secondary N) is 1. The number of ether oxygens (including phenoxy) is 1. The third-order valence-electron chi connectivity index (χ3n) is 3.75. The Morgan fingerprint density at radius 3 is 2.95 bits per heavy atom. The molecule has 22 heavy (non-hydrogen) atoms. The first-order chi connectivity index (χ1) is 10.7. The highest BCUT2D eigenvalue weighted by Crippen LogP contribution is 2.35. The van der Waals surface area contributed by atoms with Crippen molar-refractivity contribution in [2.45, 2.75) is 0 Å². The van der Waals surface area contributed by atoms with Crippen molar-refractivity contribution in [3.05, 3.63) is 70.3 Å². The van der Waals surface area contributed by atoms with Gasteiger partial charge in [0.1, 0.15) is 12.4 Å². The largest absolute Gasteiger partial charge is 0.488 e. The summed E-state index contributed by atoms with van der Waals surface area (Å²) >= 11 is 5.96. The second-order valence-corrected chi connectivity index (χ2v) is 5.68. The fourth-order valence-electron chi connectivity index (χ4n) is 2.71. The Hall–Kier alpha value is -2.52. The van der Waals surface area contributed by atoms with Gasteiger partial charge in [-0.1, -0.05) is 35.9 Å². The van der Waals surface area contributed by atoms with E-state index < -0.39 is 0 Å². The predicted molar refractivity (Wildman–Crippen MR) is 88.0 cm³/mol. The molecule has 0 unspecified atom stereocenters. The van der Waals surface area contributed by atoms with E-state index >= 15 is 0 Å². The average Bonchev–Trinajstić information content (AvgIpc) is 2.82. The number of amides is 1. The van der Waals surface area contributed by atoms with Crippen LogP contribution in [0.2, 0.25) is 5.02 Å².